The number of amides is 2. The van der Waals surface area contributed by atoms with Crippen molar-refractivity contribution in [3.63, 3.8) is 0 Å². The first kappa shape index (κ1) is 23.0. The predicted molar refractivity (Wildman–Crippen MR) is 129 cm³/mol. The van der Waals surface area contributed by atoms with Crippen LogP contribution in [0.1, 0.15) is 23.1 Å². The van der Waals surface area contributed by atoms with Crippen LogP contribution in [0.2, 0.25) is 0 Å². The summed E-state index contributed by atoms with van der Waals surface area (Å²) in [5, 5.41) is 14.1. The smallest absolute Gasteiger partial charge is 0.274 e. The van der Waals surface area contributed by atoms with Crippen molar-refractivity contribution in [1.29, 1.82) is 0 Å². The second kappa shape index (κ2) is 9.35. The van der Waals surface area contributed by atoms with Gasteiger partial charge in [-0.1, -0.05) is 18.2 Å². The maximum Gasteiger partial charge on any atom is 0.274 e. The van der Waals surface area contributed by atoms with Crippen LogP contribution in [-0.4, -0.2) is 23.3 Å². The Labute approximate surface area is 197 Å². The van der Waals surface area contributed by atoms with Gasteiger partial charge in [0.1, 0.15) is 11.5 Å². The SMILES string of the molecule is Cc1ccc(N2C[C@@H](C(=O)Nc3ccc(Oc4cccc(C)c4C)cc3)CC2=O)cc1[N+](=O)[O-]. The zero-order valence-electron chi connectivity index (χ0n) is 19.2. The summed E-state index contributed by atoms with van der Waals surface area (Å²) in [6.45, 7) is 5.83. The lowest BCUT2D eigenvalue weighted by molar-refractivity contribution is -0.385. The van der Waals surface area contributed by atoms with Crippen LogP contribution in [0, 0.1) is 36.8 Å². The number of anilines is 2. The Morgan fingerprint density at radius 3 is 2.50 bits per heavy atom. The number of hydrogen-bond donors (Lipinski definition) is 1. The Bertz CT molecular complexity index is 1270. The first-order chi connectivity index (χ1) is 16.2. The number of nitrogens with zero attached hydrogens (tertiary/aromatic N) is 2. The van der Waals surface area contributed by atoms with E-state index in [4.69, 9.17) is 4.74 Å². The molecule has 0 spiro atoms. The van der Waals surface area contributed by atoms with Crippen molar-refractivity contribution in [3.8, 4) is 11.5 Å². The van der Waals surface area contributed by atoms with Crippen molar-refractivity contribution in [2.75, 3.05) is 16.8 Å². The van der Waals surface area contributed by atoms with Crippen molar-refractivity contribution in [2.45, 2.75) is 27.2 Å². The van der Waals surface area contributed by atoms with Crippen LogP contribution in [0.3, 0.4) is 0 Å². The minimum Gasteiger partial charge on any atom is -0.457 e. The molecular formula is C26H25N3O5. The van der Waals surface area contributed by atoms with Gasteiger partial charge in [0.2, 0.25) is 11.8 Å². The van der Waals surface area contributed by atoms with Crippen LogP contribution in [-0.2, 0) is 9.59 Å². The number of nitro benzene ring substituents is 1. The molecule has 0 saturated carbocycles. The average molecular weight is 460 g/mol. The predicted octanol–water partition coefficient (Wildman–Crippen LogP) is 5.30. The molecular weight excluding hydrogens is 434 g/mol. The molecule has 3 aromatic rings. The van der Waals surface area contributed by atoms with E-state index in [9.17, 15) is 19.7 Å². The molecule has 0 radical (unpaired) electrons. The van der Waals surface area contributed by atoms with Gasteiger partial charge in [0, 0.05) is 30.3 Å². The number of carbonyl (C=O) groups excluding carboxylic acids is 2. The maximum absolute atomic E-state index is 12.8. The molecule has 1 fully saturated rings. The fraction of sp³-hybridized carbons (Fsp3) is 0.231. The molecule has 174 valence electrons. The van der Waals surface area contributed by atoms with Gasteiger partial charge in [0.25, 0.3) is 5.69 Å². The van der Waals surface area contributed by atoms with Gasteiger partial charge >= 0.3 is 0 Å². The molecule has 1 atom stereocenters. The molecule has 1 heterocycles. The molecule has 0 bridgehead atoms. The van der Waals surface area contributed by atoms with Crippen LogP contribution in [0.4, 0.5) is 17.1 Å². The Balaban J connectivity index is 1.40. The van der Waals surface area contributed by atoms with Gasteiger partial charge in [0.15, 0.2) is 0 Å². The van der Waals surface area contributed by atoms with E-state index in [1.807, 2.05) is 32.0 Å². The first-order valence-electron chi connectivity index (χ1n) is 10.9. The molecule has 0 unspecified atom stereocenters. The number of carbonyl (C=O) groups is 2. The fourth-order valence-corrected chi connectivity index (χ4v) is 3.91. The van der Waals surface area contributed by atoms with E-state index in [-0.39, 0.29) is 30.5 Å². The lowest BCUT2D eigenvalue weighted by Gasteiger charge is -2.17. The Kier molecular flexibility index (Phi) is 6.32. The van der Waals surface area contributed by atoms with Gasteiger partial charge in [-0.25, -0.2) is 0 Å². The third-order valence-electron chi connectivity index (χ3n) is 6.10. The molecule has 0 aliphatic carbocycles. The monoisotopic (exact) mass is 459 g/mol. The maximum atomic E-state index is 12.8. The van der Waals surface area contributed by atoms with Crippen LogP contribution in [0.15, 0.2) is 60.7 Å². The molecule has 1 saturated heterocycles. The topological polar surface area (TPSA) is 102 Å². The number of hydrogen-bond acceptors (Lipinski definition) is 5. The van der Waals surface area contributed by atoms with Crippen molar-refractivity contribution < 1.29 is 19.2 Å². The van der Waals surface area contributed by atoms with E-state index in [1.54, 1.807) is 43.3 Å². The quantitative estimate of drug-likeness (QED) is 0.398. The van der Waals surface area contributed by atoms with Crippen LogP contribution in [0.5, 0.6) is 11.5 Å². The normalized spacial score (nSPS) is 15.3. The third-order valence-corrected chi connectivity index (χ3v) is 6.10. The van der Waals surface area contributed by atoms with Gasteiger partial charge in [0.05, 0.1) is 16.5 Å². The van der Waals surface area contributed by atoms with E-state index in [1.165, 1.54) is 11.0 Å². The number of aryl methyl sites for hydroxylation is 2. The standard InChI is InChI=1S/C26H25N3O5/c1-16-5-4-6-24(18(16)3)34-22-11-8-20(9-12-22)27-26(31)19-13-25(30)28(15-19)21-10-7-17(2)23(14-21)29(32)33/h4-12,14,19H,13,15H2,1-3H3,(H,27,31)/t19-/m0/s1. The Morgan fingerprint density at radius 1 is 1.06 bits per heavy atom. The number of rotatable bonds is 6. The molecule has 2 amide bonds. The summed E-state index contributed by atoms with van der Waals surface area (Å²) in [5.41, 5.74) is 3.68. The zero-order valence-corrected chi connectivity index (χ0v) is 19.2. The molecule has 8 nitrogen and oxygen atoms in total. The van der Waals surface area contributed by atoms with Crippen molar-refractivity contribution in [2.24, 2.45) is 5.92 Å². The first-order valence-corrected chi connectivity index (χ1v) is 10.9. The molecule has 34 heavy (non-hydrogen) atoms. The van der Waals surface area contributed by atoms with Crippen LogP contribution in [0.25, 0.3) is 0 Å². The molecule has 0 aromatic heterocycles. The third kappa shape index (κ3) is 4.76. The van der Waals surface area contributed by atoms with Gasteiger partial charge in [-0.05, 0) is 68.3 Å². The minimum absolute atomic E-state index is 0.0430. The van der Waals surface area contributed by atoms with E-state index in [2.05, 4.69) is 5.32 Å². The number of nitro groups is 1. The highest BCUT2D eigenvalue weighted by Gasteiger charge is 2.35. The second-order valence-corrected chi connectivity index (χ2v) is 8.45. The summed E-state index contributed by atoms with van der Waals surface area (Å²) in [4.78, 5) is 37.5. The highest BCUT2D eigenvalue weighted by atomic mass is 16.6. The Morgan fingerprint density at radius 2 is 1.79 bits per heavy atom. The zero-order chi connectivity index (χ0) is 24.4. The largest absolute Gasteiger partial charge is 0.457 e. The van der Waals surface area contributed by atoms with E-state index < -0.39 is 10.8 Å². The lowest BCUT2D eigenvalue weighted by atomic mass is 10.1. The molecule has 3 aromatic carbocycles. The van der Waals surface area contributed by atoms with Crippen molar-refractivity contribution >= 4 is 28.9 Å². The van der Waals surface area contributed by atoms with Gasteiger partial charge in [-0.3, -0.25) is 19.7 Å². The van der Waals surface area contributed by atoms with Crippen LogP contribution < -0.4 is 15.0 Å². The number of benzene rings is 3. The minimum atomic E-state index is -0.557. The van der Waals surface area contributed by atoms with Crippen molar-refractivity contribution in [1.82, 2.24) is 0 Å². The summed E-state index contributed by atoms with van der Waals surface area (Å²) < 4.78 is 5.95. The van der Waals surface area contributed by atoms with E-state index in [0.717, 1.165) is 16.9 Å². The molecule has 1 aliphatic heterocycles. The molecule has 1 N–H and O–H groups in total. The Hall–Kier alpha value is -4.20. The fourth-order valence-electron chi connectivity index (χ4n) is 3.91. The highest BCUT2D eigenvalue weighted by molar-refractivity contribution is 6.03. The van der Waals surface area contributed by atoms with E-state index in [0.29, 0.717) is 22.7 Å². The molecule has 8 heteroatoms. The molecule has 1 aliphatic rings. The number of ether oxygens (including phenoxy) is 1. The van der Waals surface area contributed by atoms with Gasteiger partial charge in [-0.2, -0.15) is 0 Å². The summed E-state index contributed by atoms with van der Waals surface area (Å²) in [6.07, 6.45) is 0.0430. The highest BCUT2D eigenvalue weighted by Crippen LogP contribution is 2.31. The summed E-state index contributed by atoms with van der Waals surface area (Å²) in [7, 11) is 0. The van der Waals surface area contributed by atoms with Gasteiger partial charge < -0.3 is 15.0 Å². The average Bonchev–Trinajstić information content (AvgIpc) is 3.20. The van der Waals surface area contributed by atoms with Crippen LogP contribution >= 0.6 is 0 Å². The lowest BCUT2D eigenvalue weighted by Crippen LogP contribution is -2.28. The van der Waals surface area contributed by atoms with Crippen molar-refractivity contribution in [3.05, 3.63) is 87.5 Å². The summed E-state index contributed by atoms with van der Waals surface area (Å²) in [6, 6.07) is 17.6. The summed E-state index contributed by atoms with van der Waals surface area (Å²) >= 11 is 0. The van der Waals surface area contributed by atoms with E-state index >= 15 is 0 Å². The van der Waals surface area contributed by atoms with Gasteiger partial charge in [-0.15, -0.1) is 0 Å². The second-order valence-electron chi connectivity index (χ2n) is 8.45. The molecule has 4 rings (SSSR count). The number of nitrogens with one attached hydrogen (secondary N) is 1. The summed E-state index contributed by atoms with van der Waals surface area (Å²) in [5.74, 6) is 0.350.